The highest BCUT2D eigenvalue weighted by molar-refractivity contribution is 6.17. The maximum absolute atomic E-state index is 2.55. The lowest BCUT2D eigenvalue weighted by Crippen LogP contribution is -2.19. The van der Waals surface area contributed by atoms with E-state index in [1.165, 1.54) is 93.8 Å². The summed E-state index contributed by atoms with van der Waals surface area (Å²) >= 11 is 0. The van der Waals surface area contributed by atoms with Gasteiger partial charge in [-0.2, -0.15) is 0 Å². The van der Waals surface area contributed by atoms with Crippen LogP contribution in [0.15, 0.2) is 170 Å². The van der Waals surface area contributed by atoms with Crippen LogP contribution in [-0.2, 0) is 10.8 Å². The number of allylic oxidation sites excluding steroid dienone is 4. The van der Waals surface area contributed by atoms with Crippen LogP contribution in [0.5, 0.6) is 0 Å². The van der Waals surface area contributed by atoms with Gasteiger partial charge in [-0.25, -0.2) is 0 Å². The Morgan fingerprint density at radius 3 is 1.95 bits per heavy atom. The molecule has 10 rings (SSSR count). The number of hydrogen-bond acceptors (Lipinski definition) is 1. The summed E-state index contributed by atoms with van der Waals surface area (Å²) in [4.78, 5) is 2.55. The van der Waals surface area contributed by atoms with Crippen molar-refractivity contribution in [2.24, 2.45) is 5.92 Å². The van der Waals surface area contributed by atoms with Crippen molar-refractivity contribution in [1.82, 2.24) is 0 Å². The Bertz CT molecular complexity index is 2950. The second kappa shape index (κ2) is 13.2. The van der Waals surface area contributed by atoms with Gasteiger partial charge < -0.3 is 4.90 Å². The van der Waals surface area contributed by atoms with Gasteiger partial charge in [0.1, 0.15) is 0 Å². The van der Waals surface area contributed by atoms with Crippen molar-refractivity contribution in [3.8, 4) is 22.3 Å². The van der Waals surface area contributed by atoms with E-state index < -0.39 is 0 Å². The summed E-state index contributed by atoms with van der Waals surface area (Å²) in [6.07, 6.45) is 8.24. The molecule has 0 N–H and O–H groups in total. The lowest BCUT2D eigenvalue weighted by atomic mass is 9.79. The second-order valence-corrected chi connectivity index (χ2v) is 17.8. The van der Waals surface area contributed by atoms with Crippen LogP contribution in [0, 0.1) is 5.92 Å². The van der Waals surface area contributed by atoms with Crippen LogP contribution in [0.3, 0.4) is 0 Å². The summed E-state index contributed by atoms with van der Waals surface area (Å²) in [6, 6.07) is 57.0. The predicted octanol–water partition coefficient (Wildman–Crippen LogP) is 15.9. The lowest BCUT2D eigenvalue weighted by Gasteiger charge is -2.34. The van der Waals surface area contributed by atoms with E-state index in [1.54, 1.807) is 0 Å². The molecule has 278 valence electrons. The first-order valence-electron chi connectivity index (χ1n) is 20.6. The van der Waals surface area contributed by atoms with Gasteiger partial charge in [0.2, 0.25) is 0 Å². The fourth-order valence-electron chi connectivity index (χ4n) is 9.71. The molecule has 57 heavy (non-hydrogen) atoms. The summed E-state index contributed by atoms with van der Waals surface area (Å²) in [5.74, 6) is 0.535. The van der Waals surface area contributed by atoms with Gasteiger partial charge in [0.05, 0.1) is 11.4 Å². The average Bonchev–Trinajstić information content (AvgIpc) is 3.47. The second-order valence-electron chi connectivity index (χ2n) is 17.8. The lowest BCUT2D eigenvalue weighted by molar-refractivity contribution is 0.588. The van der Waals surface area contributed by atoms with Crippen LogP contribution in [0.1, 0.15) is 70.2 Å². The van der Waals surface area contributed by atoms with Crippen LogP contribution in [0.4, 0.5) is 17.1 Å². The Labute approximate surface area is 337 Å². The molecule has 8 aromatic rings. The Kier molecular flexibility index (Phi) is 8.17. The van der Waals surface area contributed by atoms with Crippen molar-refractivity contribution >= 4 is 55.0 Å². The number of rotatable bonds is 5. The molecule has 0 saturated carbocycles. The molecule has 2 aliphatic rings. The van der Waals surface area contributed by atoms with Gasteiger partial charge in [-0.15, -0.1) is 0 Å². The van der Waals surface area contributed by atoms with E-state index in [4.69, 9.17) is 0 Å². The summed E-state index contributed by atoms with van der Waals surface area (Å²) < 4.78 is 0. The van der Waals surface area contributed by atoms with Gasteiger partial charge in [0.15, 0.2) is 0 Å². The normalized spacial score (nSPS) is 15.8. The van der Waals surface area contributed by atoms with Crippen molar-refractivity contribution in [2.45, 2.75) is 58.8 Å². The smallest absolute Gasteiger partial charge is 0.0543 e. The van der Waals surface area contributed by atoms with Crippen LogP contribution < -0.4 is 4.90 Å². The van der Waals surface area contributed by atoms with Crippen LogP contribution >= 0.6 is 0 Å². The van der Waals surface area contributed by atoms with Crippen LogP contribution in [0.2, 0.25) is 0 Å². The highest BCUT2D eigenvalue weighted by atomic mass is 15.1. The minimum Gasteiger partial charge on any atom is -0.309 e. The number of benzene rings is 8. The quantitative estimate of drug-likeness (QED) is 0.159. The zero-order valence-electron chi connectivity index (χ0n) is 33.9. The fourth-order valence-corrected chi connectivity index (χ4v) is 9.71. The van der Waals surface area contributed by atoms with E-state index in [1.807, 2.05) is 0 Å². The van der Waals surface area contributed by atoms with E-state index in [0.29, 0.717) is 5.92 Å². The van der Waals surface area contributed by atoms with E-state index >= 15 is 0 Å². The molecule has 2 aliphatic carbocycles. The standard InChI is InChI=1S/C56H49N/c1-36-21-23-39(24-22-36)53-49(55(2,3)4)17-11-19-51(53)57(52-20-12-18-50-54(52)47-15-9-10-16-48(47)56(50,5)6)42-30-25-37(26-31-42)40-28-32-44-41(35-40)29-34-45-43-14-8-7-13-38(43)27-33-46(44)45/h7-21,23-36H,22H2,1-6H3. The van der Waals surface area contributed by atoms with E-state index in [2.05, 4.69) is 216 Å². The first-order valence-corrected chi connectivity index (χ1v) is 20.6. The van der Waals surface area contributed by atoms with E-state index in [-0.39, 0.29) is 10.8 Å². The molecular weight excluding hydrogens is 687 g/mol. The maximum Gasteiger partial charge on any atom is 0.0543 e. The number of anilines is 3. The van der Waals surface area contributed by atoms with Crippen LogP contribution in [-0.4, -0.2) is 0 Å². The third kappa shape index (κ3) is 5.75. The number of fused-ring (bicyclic) bond motifs is 8. The van der Waals surface area contributed by atoms with Gasteiger partial charge in [0, 0.05) is 22.2 Å². The molecule has 1 unspecified atom stereocenters. The maximum atomic E-state index is 2.55. The molecule has 1 atom stereocenters. The Balaban J connectivity index is 1.15. The molecule has 0 fully saturated rings. The minimum absolute atomic E-state index is 0.0552. The average molecular weight is 736 g/mol. The van der Waals surface area contributed by atoms with Crippen LogP contribution in [0.25, 0.3) is 60.1 Å². The molecule has 0 radical (unpaired) electrons. The van der Waals surface area contributed by atoms with Gasteiger partial charge in [-0.05, 0) is 119 Å². The van der Waals surface area contributed by atoms with Crippen molar-refractivity contribution in [3.63, 3.8) is 0 Å². The van der Waals surface area contributed by atoms with Crippen molar-refractivity contribution in [2.75, 3.05) is 4.90 Å². The van der Waals surface area contributed by atoms with E-state index in [9.17, 15) is 0 Å². The summed E-state index contributed by atoms with van der Waals surface area (Å²) in [5.41, 5.74) is 15.2. The molecule has 0 spiro atoms. The van der Waals surface area contributed by atoms with Crippen molar-refractivity contribution in [3.05, 3.63) is 192 Å². The molecular formula is C56H49N. The topological polar surface area (TPSA) is 3.24 Å². The van der Waals surface area contributed by atoms with E-state index in [0.717, 1.165) is 12.1 Å². The largest absolute Gasteiger partial charge is 0.309 e. The molecule has 0 bridgehead atoms. The summed E-state index contributed by atoms with van der Waals surface area (Å²) in [5, 5.41) is 7.74. The molecule has 0 heterocycles. The van der Waals surface area contributed by atoms with Gasteiger partial charge >= 0.3 is 0 Å². The Hall–Kier alpha value is -6.18. The Morgan fingerprint density at radius 1 is 0.561 bits per heavy atom. The molecule has 0 aromatic heterocycles. The van der Waals surface area contributed by atoms with Crippen molar-refractivity contribution < 1.29 is 0 Å². The molecule has 0 saturated heterocycles. The monoisotopic (exact) mass is 735 g/mol. The van der Waals surface area contributed by atoms with Gasteiger partial charge in [-0.3, -0.25) is 0 Å². The number of hydrogen-bond donors (Lipinski definition) is 0. The SMILES string of the molecule is CC1C=CC(c2c(N(c3ccc(-c4ccc5c(ccc6c7ccccc7ccc56)c4)cc3)c3cccc4c3-c3ccccc3C4(C)C)cccc2C(C)(C)C)=CC1. The van der Waals surface area contributed by atoms with Gasteiger partial charge in [-0.1, -0.05) is 181 Å². The highest BCUT2D eigenvalue weighted by Crippen LogP contribution is 2.55. The summed E-state index contributed by atoms with van der Waals surface area (Å²) in [7, 11) is 0. The minimum atomic E-state index is -0.104. The highest BCUT2D eigenvalue weighted by Gasteiger charge is 2.38. The molecule has 1 nitrogen and oxygen atoms in total. The van der Waals surface area contributed by atoms with Crippen molar-refractivity contribution in [1.29, 1.82) is 0 Å². The predicted molar refractivity (Wildman–Crippen MR) is 246 cm³/mol. The number of nitrogens with zero attached hydrogens (tertiary/aromatic N) is 1. The fraction of sp³-hybridized carbons (Fsp3) is 0.179. The molecule has 0 aliphatic heterocycles. The Morgan fingerprint density at radius 2 is 1.19 bits per heavy atom. The molecule has 8 aromatic carbocycles. The van der Waals surface area contributed by atoms with Gasteiger partial charge in [0.25, 0.3) is 0 Å². The third-order valence-corrected chi connectivity index (χ3v) is 12.7. The third-order valence-electron chi connectivity index (χ3n) is 12.7. The summed E-state index contributed by atoms with van der Waals surface area (Å²) in [6.45, 7) is 14.1. The molecule has 1 heteroatoms. The zero-order valence-corrected chi connectivity index (χ0v) is 33.9. The first-order chi connectivity index (χ1) is 27.6. The molecule has 0 amide bonds. The zero-order chi connectivity index (χ0) is 39.1. The first kappa shape index (κ1) is 35.2.